The summed E-state index contributed by atoms with van der Waals surface area (Å²) in [6.45, 7) is 3.62. The first-order valence-electron chi connectivity index (χ1n) is 8.23. The fourth-order valence-electron chi connectivity index (χ4n) is 2.62. The first-order valence-corrected chi connectivity index (χ1v) is 10.0. The molecule has 1 fully saturated rings. The lowest BCUT2D eigenvalue weighted by molar-refractivity contribution is -0.113. The predicted octanol–water partition coefficient (Wildman–Crippen LogP) is 2.91. The van der Waals surface area contributed by atoms with E-state index in [2.05, 4.69) is 47.9 Å². The molecule has 0 unspecified atom stereocenters. The molecule has 3 heterocycles. The van der Waals surface area contributed by atoms with Crippen molar-refractivity contribution in [2.24, 2.45) is 0 Å². The highest BCUT2D eigenvalue weighted by atomic mass is 79.9. The smallest absolute Gasteiger partial charge is 0.236 e. The molecule has 0 aromatic carbocycles. The molecular weight excluding hydrogens is 406 g/mol. The molecule has 2 aromatic rings. The van der Waals surface area contributed by atoms with Gasteiger partial charge in [0.25, 0.3) is 0 Å². The number of aryl methyl sites for hydroxylation is 1. The first kappa shape index (κ1) is 18.3. The van der Waals surface area contributed by atoms with Crippen LogP contribution in [0.3, 0.4) is 0 Å². The van der Waals surface area contributed by atoms with Crippen molar-refractivity contribution in [3.05, 3.63) is 28.6 Å². The number of carbonyl (C=O) groups excluding carboxylic acids is 1. The van der Waals surface area contributed by atoms with E-state index >= 15 is 0 Å². The summed E-state index contributed by atoms with van der Waals surface area (Å²) in [6.07, 6.45) is 4.81. The van der Waals surface area contributed by atoms with Crippen LogP contribution in [0.4, 0.5) is 5.82 Å². The molecule has 9 heteroatoms. The minimum absolute atomic E-state index is 0.121. The number of nitrogens with one attached hydrogen (secondary N) is 1. The molecule has 0 spiro atoms. The Bertz CT molecular complexity index is 716. The maximum absolute atomic E-state index is 12.1. The Labute approximate surface area is 159 Å². The maximum atomic E-state index is 12.1. The van der Waals surface area contributed by atoms with Crippen molar-refractivity contribution in [2.75, 3.05) is 17.7 Å². The van der Waals surface area contributed by atoms with Gasteiger partial charge in [0, 0.05) is 23.7 Å². The normalized spacial score (nSPS) is 17.0. The number of pyridine rings is 1. The molecule has 1 aliphatic heterocycles. The van der Waals surface area contributed by atoms with Crippen LogP contribution in [0.15, 0.2) is 28.0 Å². The molecule has 1 atom stereocenters. The van der Waals surface area contributed by atoms with Gasteiger partial charge in [-0.3, -0.25) is 4.79 Å². The summed E-state index contributed by atoms with van der Waals surface area (Å²) >= 11 is 4.70. The molecule has 7 nitrogen and oxygen atoms in total. The molecule has 1 N–H and O–H groups in total. The standard InChI is InChI=1S/C16H20BrN5O2S/c1-2-14-20-21-16(22(14)9-12-4-3-7-24-12)25-10-15(23)19-13-6-5-11(17)8-18-13/h5-6,8,12H,2-4,7,9-10H2,1H3,(H,18,19,23)/t12-/m0/s1. The van der Waals surface area contributed by atoms with E-state index in [0.717, 1.165) is 47.9 Å². The zero-order valence-corrected chi connectivity index (χ0v) is 16.3. The highest BCUT2D eigenvalue weighted by Crippen LogP contribution is 2.22. The molecule has 25 heavy (non-hydrogen) atoms. The largest absolute Gasteiger partial charge is 0.376 e. The number of hydrogen-bond acceptors (Lipinski definition) is 6. The molecule has 1 aliphatic rings. The highest BCUT2D eigenvalue weighted by molar-refractivity contribution is 9.10. The van der Waals surface area contributed by atoms with E-state index in [4.69, 9.17) is 4.74 Å². The minimum Gasteiger partial charge on any atom is -0.376 e. The van der Waals surface area contributed by atoms with Crippen LogP contribution in [-0.4, -0.2) is 44.1 Å². The van der Waals surface area contributed by atoms with E-state index in [1.165, 1.54) is 11.8 Å². The van der Waals surface area contributed by atoms with Gasteiger partial charge < -0.3 is 14.6 Å². The van der Waals surface area contributed by atoms with Gasteiger partial charge in [0.05, 0.1) is 18.4 Å². The Morgan fingerprint density at radius 2 is 2.36 bits per heavy atom. The third-order valence-corrected chi connectivity index (χ3v) is 5.28. The van der Waals surface area contributed by atoms with Crippen LogP contribution < -0.4 is 5.32 Å². The van der Waals surface area contributed by atoms with E-state index in [0.29, 0.717) is 5.82 Å². The van der Waals surface area contributed by atoms with Crippen molar-refractivity contribution in [1.29, 1.82) is 0 Å². The van der Waals surface area contributed by atoms with Crippen LogP contribution in [0.25, 0.3) is 0 Å². The molecule has 0 bridgehead atoms. The number of anilines is 1. The van der Waals surface area contributed by atoms with Crippen molar-refractivity contribution in [2.45, 2.75) is 44.0 Å². The lowest BCUT2D eigenvalue weighted by Crippen LogP contribution is -2.19. The fourth-order valence-corrected chi connectivity index (χ4v) is 3.62. The Kier molecular flexibility index (Phi) is 6.44. The summed E-state index contributed by atoms with van der Waals surface area (Å²) < 4.78 is 8.66. The Morgan fingerprint density at radius 1 is 1.48 bits per heavy atom. The minimum atomic E-state index is -0.121. The number of thioether (sulfide) groups is 1. The van der Waals surface area contributed by atoms with Crippen LogP contribution in [0.5, 0.6) is 0 Å². The summed E-state index contributed by atoms with van der Waals surface area (Å²) in [7, 11) is 0. The monoisotopic (exact) mass is 425 g/mol. The molecule has 0 radical (unpaired) electrons. The number of nitrogens with zero attached hydrogens (tertiary/aromatic N) is 4. The summed E-state index contributed by atoms with van der Waals surface area (Å²) in [6, 6.07) is 3.59. The Balaban J connectivity index is 1.59. The number of rotatable bonds is 7. The number of aromatic nitrogens is 4. The quantitative estimate of drug-likeness (QED) is 0.686. The maximum Gasteiger partial charge on any atom is 0.236 e. The number of ether oxygens (including phenoxy) is 1. The average Bonchev–Trinajstić information content (AvgIpc) is 3.25. The lowest BCUT2D eigenvalue weighted by atomic mass is 10.2. The average molecular weight is 426 g/mol. The van der Waals surface area contributed by atoms with E-state index in [9.17, 15) is 4.79 Å². The van der Waals surface area contributed by atoms with Gasteiger partial charge in [0.15, 0.2) is 5.16 Å². The summed E-state index contributed by atoms with van der Waals surface area (Å²) in [5, 5.41) is 12.0. The SMILES string of the molecule is CCc1nnc(SCC(=O)Nc2ccc(Br)cn2)n1C[C@@H]1CCCO1. The van der Waals surface area contributed by atoms with Gasteiger partial charge in [-0.25, -0.2) is 4.98 Å². The topological polar surface area (TPSA) is 81.9 Å². The zero-order chi connectivity index (χ0) is 17.6. The fraction of sp³-hybridized carbons (Fsp3) is 0.500. The van der Waals surface area contributed by atoms with Crippen molar-refractivity contribution < 1.29 is 9.53 Å². The van der Waals surface area contributed by atoms with Gasteiger partial charge in [-0.15, -0.1) is 10.2 Å². The highest BCUT2D eigenvalue weighted by Gasteiger charge is 2.21. The van der Waals surface area contributed by atoms with Crippen LogP contribution in [0, 0.1) is 0 Å². The van der Waals surface area contributed by atoms with Crippen molar-refractivity contribution in [3.8, 4) is 0 Å². The van der Waals surface area contributed by atoms with Gasteiger partial charge in [-0.1, -0.05) is 18.7 Å². The lowest BCUT2D eigenvalue weighted by Gasteiger charge is -2.14. The van der Waals surface area contributed by atoms with E-state index < -0.39 is 0 Å². The summed E-state index contributed by atoms with van der Waals surface area (Å²) in [5.41, 5.74) is 0. The third kappa shape index (κ3) is 5.02. The molecular formula is C16H20BrN5O2S. The van der Waals surface area contributed by atoms with Crippen LogP contribution in [-0.2, 0) is 22.5 Å². The Hall–Kier alpha value is -1.45. The van der Waals surface area contributed by atoms with Crippen molar-refractivity contribution in [1.82, 2.24) is 19.7 Å². The number of carbonyl (C=O) groups is 1. The first-order chi connectivity index (χ1) is 12.2. The van der Waals surface area contributed by atoms with Gasteiger partial charge in [0.1, 0.15) is 11.6 Å². The van der Waals surface area contributed by atoms with Gasteiger partial charge in [0.2, 0.25) is 5.91 Å². The van der Waals surface area contributed by atoms with Crippen LogP contribution in [0.2, 0.25) is 0 Å². The number of halogens is 1. The van der Waals surface area contributed by atoms with E-state index in [1.807, 2.05) is 6.07 Å². The Morgan fingerprint density at radius 3 is 3.04 bits per heavy atom. The predicted molar refractivity (Wildman–Crippen MR) is 99.7 cm³/mol. The van der Waals surface area contributed by atoms with Crippen molar-refractivity contribution in [3.63, 3.8) is 0 Å². The molecule has 1 saturated heterocycles. The second kappa shape index (κ2) is 8.77. The van der Waals surface area contributed by atoms with Crippen LogP contribution in [0.1, 0.15) is 25.6 Å². The number of hydrogen-bond donors (Lipinski definition) is 1. The molecule has 0 saturated carbocycles. The second-order valence-corrected chi connectivity index (χ2v) is 7.55. The van der Waals surface area contributed by atoms with Gasteiger partial charge in [-0.2, -0.15) is 0 Å². The summed E-state index contributed by atoms with van der Waals surface area (Å²) in [5.74, 6) is 1.59. The van der Waals surface area contributed by atoms with Crippen molar-refractivity contribution >= 4 is 39.4 Å². The second-order valence-electron chi connectivity index (χ2n) is 5.70. The molecule has 3 rings (SSSR count). The zero-order valence-electron chi connectivity index (χ0n) is 13.9. The van der Waals surface area contributed by atoms with E-state index in [-0.39, 0.29) is 17.8 Å². The van der Waals surface area contributed by atoms with Crippen LogP contribution >= 0.6 is 27.7 Å². The molecule has 2 aromatic heterocycles. The molecule has 134 valence electrons. The third-order valence-electron chi connectivity index (χ3n) is 3.85. The van der Waals surface area contributed by atoms with Gasteiger partial charge in [-0.05, 0) is 40.9 Å². The van der Waals surface area contributed by atoms with Gasteiger partial charge >= 0.3 is 0 Å². The number of amides is 1. The molecule has 0 aliphatic carbocycles. The van der Waals surface area contributed by atoms with E-state index in [1.54, 1.807) is 12.3 Å². The summed E-state index contributed by atoms with van der Waals surface area (Å²) in [4.78, 5) is 16.3. The molecule has 1 amide bonds.